The van der Waals surface area contributed by atoms with Gasteiger partial charge in [0, 0.05) is 17.5 Å². The van der Waals surface area contributed by atoms with Gasteiger partial charge in [0.05, 0.1) is 12.0 Å². The first-order chi connectivity index (χ1) is 9.27. The third-order valence-corrected chi connectivity index (χ3v) is 3.57. The minimum absolute atomic E-state index is 0.0927. The predicted molar refractivity (Wildman–Crippen MR) is 77.9 cm³/mol. The molecule has 2 aromatic carbocycles. The van der Waals surface area contributed by atoms with Crippen LogP contribution in [-0.2, 0) is 0 Å². The van der Waals surface area contributed by atoms with Crippen molar-refractivity contribution in [3.63, 3.8) is 0 Å². The molecule has 0 fully saturated rings. The van der Waals surface area contributed by atoms with E-state index in [4.69, 9.17) is 17.3 Å². The Hall–Kier alpha value is -1.82. The summed E-state index contributed by atoms with van der Waals surface area (Å²) < 4.78 is 0. The maximum Gasteiger partial charge on any atom is 0.0695 e. The lowest BCUT2D eigenvalue weighted by molar-refractivity contribution is 0.592. The molecule has 19 heavy (non-hydrogen) atoms. The molecule has 0 aliphatic heterocycles. The van der Waals surface area contributed by atoms with Crippen molar-refractivity contribution in [1.29, 1.82) is 5.26 Å². The summed E-state index contributed by atoms with van der Waals surface area (Å²) in [4.78, 5) is 0. The highest BCUT2D eigenvalue weighted by atomic mass is 35.5. The molecule has 0 saturated carbocycles. The highest BCUT2D eigenvalue weighted by Crippen LogP contribution is 2.35. The van der Waals surface area contributed by atoms with Gasteiger partial charge in [0.15, 0.2) is 0 Å². The zero-order valence-electron chi connectivity index (χ0n) is 10.5. The topological polar surface area (TPSA) is 49.8 Å². The number of halogens is 1. The van der Waals surface area contributed by atoms with Crippen LogP contribution in [0.5, 0.6) is 0 Å². The van der Waals surface area contributed by atoms with Crippen molar-refractivity contribution in [3.8, 4) is 6.07 Å². The Morgan fingerprint density at radius 3 is 2.26 bits per heavy atom. The lowest BCUT2D eigenvalue weighted by atomic mass is 9.81. The second-order valence-electron chi connectivity index (χ2n) is 4.38. The molecule has 0 bridgehead atoms. The summed E-state index contributed by atoms with van der Waals surface area (Å²) >= 11 is 6.28. The van der Waals surface area contributed by atoms with Gasteiger partial charge in [-0.2, -0.15) is 5.26 Å². The monoisotopic (exact) mass is 270 g/mol. The van der Waals surface area contributed by atoms with Crippen molar-refractivity contribution < 1.29 is 0 Å². The molecule has 2 atom stereocenters. The zero-order chi connectivity index (χ0) is 13.7. The average molecular weight is 271 g/mol. The van der Waals surface area contributed by atoms with E-state index in [-0.39, 0.29) is 11.8 Å². The number of nitrogens with zero attached hydrogens (tertiary/aromatic N) is 1. The molecule has 2 unspecified atom stereocenters. The smallest absolute Gasteiger partial charge is 0.0695 e. The molecule has 0 aliphatic carbocycles. The fraction of sp³-hybridized carbons (Fsp3) is 0.188. The van der Waals surface area contributed by atoms with Crippen molar-refractivity contribution in [2.24, 2.45) is 11.7 Å². The second-order valence-corrected chi connectivity index (χ2v) is 4.79. The van der Waals surface area contributed by atoms with Gasteiger partial charge in [-0.15, -0.1) is 0 Å². The van der Waals surface area contributed by atoms with Crippen LogP contribution in [0.1, 0.15) is 17.0 Å². The Morgan fingerprint density at radius 2 is 1.68 bits per heavy atom. The average Bonchev–Trinajstić information content (AvgIpc) is 2.47. The van der Waals surface area contributed by atoms with Gasteiger partial charge in [-0.05, 0) is 17.2 Å². The molecule has 0 aromatic heterocycles. The Balaban J connectivity index is 2.53. The Kier molecular flexibility index (Phi) is 4.57. The van der Waals surface area contributed by atoms with E-state index in [9.17, 15) is 5.26 Å². The SMILES string of the molecule is N#CC(CN)C(c1ccccc1)c1ccccc1Cl. The summed E-state index contributed by atoms with van der Waals surface area (Å²) in [6, 6.07) is 19.8. The van der Waals surface area contributed by atoms with Gasteiger partial charge in [-0.25, -0.2) is 0 Å². The molecular weight excluding hydrogens is 256 g/mol. The largest absolute Gasteiger partial charge is 0.329 e. The molecule has 96 valence electrons. The lowest BCUT2D eigenvalue weighted by Gasteiger charge is -2.23. The van der Waals surface area contributed by atoms with Gasteiger partial charge < -0.3 is 5.73 Å². The van der Waals surface area contributed by atoms with E-state index in [1.807, 2.05) is 54.6 Å². The predicted octanol–water partition coefficient (Wildman–Crippen LogP) is 3.57. The standard InChI is InChI=1S/C16H15ClN2/c17-15-9-5-4-8-14(15)16(13(10-18)11-19)12-6-2-1-3-7-12/h1-9,13,16H,10,18H2. The minimum Gasteiger partial charge on any atom is -0.329 e. The first-order valence-corrected chi connectivity index (χ1v) is 6.54. The number of nitriles is 1. The van der Waals surface area contributed by atoms with E-state index in [0.29, 0.717) is 11.6 Å². The number of nitrogens with two attached hydrogens (primary N) is 1. The molecule has 2 N–H and O–H groups in total. The number of hydrogen-bond acceptors (Lipinski definition) is 2. The summed E-state index contributed by atoms with van der Waals surface area (Å²) in [5, 5.41) is 10.0. The van der Waals surface area contributed by atoms with Gasteiger partial charge in [0.2, 0.25) is 0 Å². The highest BCUT2D eigenvalue weighted by Gasteiger charge is 2.25. The number of benzene rings is 2. The Morgan fingerprint density at radius 1 is 1.05 bits per heavy atom. The lowest BCUT2D eigenvalue weighted by Crippen LogP contribution is -2.21. The maximum absolute atomic E-state index is 9.34. The molecule has 0 amide bonds. The van der Waals surface area contributed by atoms with Crippen LogP contribution in [0.2, 0.25) is 5.02 Å². The van der Waals surface area contributed by atoms with Crippen LogP contribution in [0.25, 0.3) is 0 Å². The van der Waals surface area contributed by atoms with E-state index in [2.05, 4.69) is 6.07 Å². The second kappa shape index (κ2) is 6.38. The molecule has 0 spiro atoms. The molecule has 0 aliphatic rings. The van der Waals surface area contributed by atoms with Crippen molar-refractivity contribution in [3.05, 3.63) is 70.7 Å². The van der Waals surface area contributed by atoms with Crippen LogP contribution >= 0.6 is 11.6 Å². The maximum atomic E-state index is 9.34. The van der Waals surface area contributed by atoms with Crippen LogP contribution in [0.15, 0.2) is 54.6 Å². The molecule has 0 radical (unpaired) electrons. The summed E-state index contributed by atoms with van der Waals surface area (Å²) in [6.07, 6.45) is 0. The first kappa shape index (κ1) is 13.6. The zero-order valence-corrected chi connectivity index (χ0v) is 11.2. The van der Waals surface area contributed by atoms with Crippen LogP contribution in [0, 0.1) is 17.2 Å². The third-order valence-electron chi connectivity index (χ3n) is 3.22. The Bertz CT molecular complexity index is 575. The number of hydrogen-bond donors (Lipinski definition) is 1. The summed E-state index contributed by atoms with van der Waals surface area (Å²) in [7, 11) is 0. The molecule has 3 heteroatoms. The molecular formula is C16H15ClN2. The molecule has 2 aromatic rings. The van der Waals surface area contributed by atoms with E-state index >= 15 is 0 Å². The van der Waals surface area contributed by atoms with Crippen molar-refractivity contribution in [2.45, 2.75) is 5.92 Å². The molecule has 0 heterocycles. The first-order valence-electron chi connectivity index (χ1n) is 6.17. The third kappa shape index (κ3) is 2.96. The fourth-order valence-electron chi connectivity index (χ4n) is 2.28. The molecule has 2 nitrogen and oxygen atoms in total. The van der Waals surface area contributed by atoms with Crippen LogP contribution in [0.4, 0.5) is 0 Å². The fourth-order valence-corrected chi connectivity index (χ4v) is 2.53. The quantitative estimate of drug-likeness (QED) is 0.923. The van der Waals surface area contributed by atoms with Gasteiger partial charge >= 0.3 is 0 Å². The summed E-state index contributed by atoms with van der Waals surface area (Å²) in [5.74, 6) is -0.382. The van der Waals surface area contributed by atoms with Crippen LogP contribution in [0.3, 0.4) is 0 Å². The van der Waals surface area contributed by atoms with Crippen molar-refractivity contribution >= 4 is 11.6 Å². The normalized spacial score (nSPS) is 13.5. The van der Waals surface area contributed by atoms with Crippen molar-refractivity contribution in [2.75, 3.05) is 6.54 Å². The van der Waals surface area contributed by atoms with Crippen LogP contribution < -0.4 is 5.73 Å². The van der Waals surface area contributed by atoms with Crippen LogP contribution in [-0.4, -0.2) is 6.54 Å². The number of rotatable bonds is 4. The molecule has 2 rings (SSSR count). The van der Waals surface area contributed by atoms with E-state index in [1.165, 1.54) is 0 Å². The van der Waals surface area contributed by atoms with E-state index in [0.717, 1.165) is 11.1 Å². The van der Waals surface area contributed by atoms with Gasteiger partial charge in [-0.3, -0.25) is 0 Å². The van der Waals surface area contributed by atoms with Gasteiger partial charge in [0.1, 0.15) is 0 Å². The van der Waals surface area contributed by atoms with Crippen molar-refractivity contribution in [1.82, 2.24) is 0 Å². The Labute approximate surface area is 118 Å². The van der Waals surface area contributed by atoms with E-state index < -0.39 is 0 Å². The minimum atomic E-state index is -0.290. The van der Waals surface area contributed by atoms with Gasteiger partial charge in [0.25, 0.3) is 0 Å². The van der Waals surface area contributed by atoms with E-state index in [1.54, 1.807) is 0 Å². The highest BCUT2D eigenvalue weighted by molar-refractivity contribution is 6.31. The summed E-state index contributed by atoms with van der Waals surface area (Å²) in [6.45, 7) is 0.307. The van der Waals surface area contributed by atoms with Gasteiger partial charge in [-0.1, -0.05) is 60.1 Å². The molecule has 0 saturated heterocycles. The summed E-state index contributed by atoms with van der Waals surface area (Å²) in [5.41, 5.74) is 7.76.